The molecule has 1 saturated carbocycles. The van der Waals surface area contributed by atoms with E-state index in [-0.39, 0.29) is 18.9 Å². The fraction of sp³-hybridized carbons (Fsp3) is 0.318. The molecule has 0 aromatic heterocycles. The van der Waals surface area contributed by atoms with Crippen LogP contribution in [0.2, 0.25) is 0 Å². The van der Waals surface area contributed by atoms with E-state index in [9.17, 15) is 14.4 Å². The van der Waals surface area contributed by atoms with Crippen LogP contribution in [0.15, 0.2) is 67.5 Å². The fourth-order valence-corrected chi connectivity index (χ4v) is 3.73. The highest BCUT2D eigenvalue weighted by Crippen LogP contribution is 2.56. The van der Waals surface area contributed by atoms with Crippen molar-refractivity contribution in [2.45, 2.75) is 43.4 Å². The van der Waals surface area contributed by atoms with Crippen LogP contribution in [0.4, 0.5) is 0 Å². The van der Waals surface area contributed by atoms with Crippen LogP contribution < -0.4 is 0 Å². The van der Waals surface area contributed by atoms with Gasteiger partial charge in [0, 0.05) is 6.42 Å². The molecule has 2 aliphatic rings. The minimum Gasteiger partial charge on any atom is -0.516 e. The van der Waals surface area contributed by atoms with Crippen molar-refractivity contribution in [1.29, 1.82) is 0 Å². The predicted molar refractivity (Wildman–Crippen MR) is 103 cm³/mol. The van der Waals surface area contributed by atoms with E-state index in [2.05, 4.69) is 6.58 Å². The van der Waals surface area contributed by atoms with Gasteiger partial charge in [-0.2, -0.15) is 0 Å². The quantitative estimate of drug-likeness (QED) is 0.135. The van der Waals surface area contributed by atoms with Gasteiger partial charge in [-0.05, 0) is 30.6 Å². The van der Waals surface area contributed by atoms with E-state index in [0.29, 0.717) is 6.42 Å². The molecular weight excluding hydrogens is 358 g/mol. The van der Waals surface area contributed by atoms with Gasteiger partial charge in [-0.25, -0.2) is 4.79 Å². The third-order valence-corrected chi connectivity index (χ3v) is 5.26. The zero-order chi connectivity index (χ0) is 20.2. The molecule has 1 aromatic rings. The molecule has 1 aliphatic heterocycles. The van der Waals surface area contributed by atoms with E-state index in [1.165, 1.54) is 29.2 Å². The van der Waals surface area contributed by atoms with Gasteiger partial charge in [-0.15, -0.1) is 6.58 Å². The largest absolute Gasteiger partial charge is 0.516 e. The molecule has 6 nitrogen and oxygen atoms in total. The van der Waals surface area contributed by atoms with Gasteiger partial charge in [0.15, 0.2) is 5.78 Å². The maximum absolute atomic E-state index is 13.2. The third-order valence-electron chi connectivity index (χ3n) is 5.26. The first-order chi connectivity index (χ1) is 13.5. The number of ketones is 1. The number of nitrogens with zero attached hydrogens (tertiary/aromatic N) is 1. The Balaban J connectivity index is 1.94. The number of benzene rings is 1. The van der Waals surface area contributed by atoms with Crippen molar-refractivity contribution in [2.24, 2.45) is 0 Å². The van der Waals surface area contributed by atoms with Crippen molar-refractivity contribution in [1.82, 2.24) is 4.90 Å². The van der Waals surface area contributed by atoms with E-state index in [4.69, 9.17) is 9.84 Å². The second-order valence-electron chi connectivity index (χ2n) is 7.11. The molecule has 1 unspecified atom stereocenters. The van der Waals surface area contributed by atoms with Crippen LogP contribution in [-0.4, -0.2) is 38.7 Å². The molecule has 3 rings (SSSR count). The Hall–Kier alpha value is -3.15. The number of hydrogen-bond donors (Lipinski definition) is 1. The summed E-state index contributed by atoms with van der Waals surface area (Å²) in [5.74, 6) is -1.57. The number of esters is 1. The van der Waals surface area contributed by atoms with E-state index in [1.54, 1.807) is 0 Å². The Morgan fingerprint density at radius 3 is 2.54 bits per heavy atom. The molecule has 1 aromatic carbocycles. The molecule has 6 heteroatoms. The average Bonchev–Trinajstić information content (AvgIpc) is 3.48. The maximum atomic E-state index is 13.2. The second-order valence-corrected chi connectivity index (χ2v) is 7.11. The van der Waals surface area contributed by atoms with Gasteiger partial charge in [0.1, 0.15) is 6.61 Å². The normalized spacial score (nSPS) is 19.4. The van der Waals surface area contributed by atoms with Gasteiger partial charge in [-0.3, -0.25) is 9.59 Å². The summed E-state index contributed by atoms with van der Waals surface area (Å²) in [6.07, 6.45) is 7.83. The molecule has 2 fully saturated rings. The lowest BCUT2D eigenvalue weighted by Gasteiger charge is -2.51. The fourth-order valence-electron chi connectivity index (χ4n) is 3.73. The Morgan fingerprint density at radius 2 is 1.96 bits per heavy atom. The highest BCUT2D eigenvalue weighted by atomic mass is 16.5. The number of amides is 1. The highest BCUT2D eigenvalue weighted by Gasteiger charge is 2.69. The predicted octanol–water partition coefficient (Wildman–Crippen LogP) is 3.01. The van der Waals surface area contributed by atoms with Gasteiger partial charge < -0.3 is 14.7 Å². The number of likely N-dealkylation sites (tertiary alicyclic amines) is 1. The number of rotatable bonds is 9. The van der Waals surface area contributed by atoms with Gasteiger partial charge in [0.2, 0.25) is 11.4 Å². The van der Waals surface area contributed by atoms with Crippen LogP contribution >= 0.6 is 0 Å². The van der Waals surface area contributed by atoms with Crippen LogP contribution in [0.3, 0.4) is 0 Å². The summed E-state index contributed by atoms with van der Waals surface area (Å²) in [5.41, 5.74) is -1.42. The first-order valence-electron chi connectivity index (χ1n) is 9.17. The molecule has 1 N–H and O–H groups in total. The van der Waals surface area contributed by atoms with Crippen molar-refractivity contribution in [2.75, 3.05) is 0 Å². The summed E-state index contributed by atoms with van der Waals surface area (Å²) in [7, 11) is 0. The van der Waals surface area contributed by atoms with E-state index in [0.717, 1.165) is 24.7 Å². The lowest BCUT2D eigenvalue weighted by Crippen LogP contribution is -2.72. The van der Waals surface area contributed by atoms with Crippen LogP contribution in [-0.2, 0) is 25.7 Å². The molecule has 1 amide bonds. The van der Waals surface area contributed by atoms with Gasteiger partial charge >= 0.3 is 5.97 Å². The monoisotopic (exact) mass is 381 g/mol. The Morgan fingerprint density at radius 1 is 1.25 bits per heavy atom. The summed E-state index contributed by atoms with van der Waals surface area (Å²) in [4.78, 5) is 40.2. The topological polar surface area (TPSA) is 83.9 Å². The number of aliphatic hydroxyl groups is 1. The lowest BCUT2D eigenvalue weighted by molar-refractivity contribution is -0.181. The molecule has 0 bridgehead atoms. The minimum atomic E-state index is -1.78. The molecule has 28 heavy (non-hydrogen) atoms. The SMILES string of the molecule is C=CCC(C(=O)C=CC=CO)(C(=O)OCc1ccccc1)N1C(=O)CC12CC2. The molecule has 1 spiro atoms. The second kappa shape index (κ2) is 7.84. The van der Waals surface area contributed by atoms with Crippen LogP contribution in [0.25, 0.3) is 0 Å². The van der Waals surface area contributed by atoms with Gasteiger partial charge in [-0.1, -0.05) is 42.5 Å². The van der Waals surface area contributed by atoms with Crippen molar-refractivity contribution >= 4 is 17.7 Å². The molecule has 1 atom stereocenters. The van der Waals surface area contributed by atoms with Crippen LogP contribution in [0, 0.1) is 0 Å². The van der Waals surface area contributed by atoms with Crippen LogP contribution in [0.5, 0.6) is 0 Å². The first kappa shape index (κ1) is 19.6. The van der Waals surface area contributed by atoms with Crippen molar-refractivity contribution < 1.29 is 24.2 Å². The number of β-lactam (4-membered cyclic amide) rings is 1. The number of ether oxygens (including phenoxy) is 1. The molecule has 1 heterocycles. The zero-order valence-corrected chi connectivity index (χ0v) is 15.5. The van der Waals surface area contributed by atoms with Crippen molar-refractivity contribution in [3.63, 3.8) is 0 Å². The number of aliphatic hydroxyl groups excluding tert-OH is 1. The summed E-state index contributed by atoms with van der Waals surface area (Å²) < 4.78 is 5.50. The van der Waals surface area contributed by atoms with E-state index < -0.39 is 22.8 Å². The Bertz CT molecular complexity index is 838. The summed E-state index contributed by atoms with van der Waals surface area (Å²) in [6.45, 7) is 3.68. The summed E-state index contributed by atoms with van der Waals surface area (Å²) >= 11 is 0. The number of carbonyl (C=O) groups excluding carboxylic acids is 3. The number of hydrogen-bond acceptors (Lipinski definition) is 5. The molecule has 0 radical (unpaired) electrons. The number of carbonyl (C=O) groups is 3. The van der Waals surface area contributed by atoms with Crippen molar-refractivity contribution in [3.05, 3.63) is 73.0 Å². The zero-order valence-electron chi connectivity index (χ0n) is 15.5. The standard InChI is InChI=1S/C22H23NO5/c1-2-11-22(18(25)10-6-7-14-24,23-19(26)15-21(23)12-13-21)20(27)28-16-17-8-4-3-5-9-17/h2-10,14,24H,1,11-13,15-16H2. The molecular formula is C22H23NO5. The smallest absolute Gasteiger partial charge is 0.340 e. The highest BCUT2D eigenvalue weighted by molar-refractivity contribution is 6.17. The number of allylic oxidation sites excluding steroid dienone is 2. The van der Waals surface area contributed by atoms with Gasteiger partial charge in [0.25, 0.3) is 0 Å². The first-order valence-corrected chi connectivity index (χ1v) is 9.17. The van der Waals surface area contributed by atoms with E-state index >= 15 is 0 Å². The minimum absolute atomic E-state index is 0.00112. The Kier molecular flexibility index (Phi) is 5.49. The maximum Gasteiger partial charge on any atom is 0.340 e. The average molecular weight is 381 g/mol. The molecule has 1 saturated heterocycles. The van der Waals surface area contributed by atoms with Crippen molar-refractivity contribution in [3.8, 4) is 0 Å². The summed E-state index contributed by atoms with van der Waals surface area (Å²) in [6, 6.07) is 9.13. The van der Waals surface area contributed by atoms with Gasteiger partial charge in [0.05, 0.1) is 18.2 Å². The summed E-state index contributed by atoms with van der Waals surface area (Å²) in [5, 5.41) is 8.79. The molecule has 146 valence electrons. The molecule has 1 aliphatic carbocycles. The third kappa shape index (κ3) is 3.38. The van der Waals surface area contributed by atoms with Crippen LogP contribution in [0.1, 0.15) is 31.2 Å². The lowest BCUT2D eigenvalue weighted by atomic mass is 9.80. The van der Waals surface area contributed by atoms with E-state index in [1.807, 2.05) is 30.3 Å². The Labute approximate surface area is 163 Å².